The fourth-order valence-electron chi connectivity index (χ4n) is 7.71. The van der Waals surface area contributed by atoms with Crippen LogP contribution < -0.4 is 5.32 Å². The minimum atomic E-state index is -0.667. The molecule has 286 valence electrons. The Labute approximate surface area is 332 Å². The van der Waals surface area contributed by atoms with Crippen LogP contribution >= 0.6 is 40.5 Å². The average molecular weight is 780 g/mol. The predicted octanol–water partition coefficient (Wildman–Crippen LogP) is 7.15. The largest absolute Gasteiger partial charge is 0.453 e. The molecule has 0 aliphatic carbocycles. The smallest absolute Gasteiger partial charge is 0.407 e. The molecule has 2 fully saturated rings. The Balaban J connectivity index is 0.00000209. The lowest BCUT2D eigenvalue weighted by atomic mass is 9.93. The number of carbonyl (C=O) groups is 3. The Morgan fingerprint density at radius 2 is 1.43 bits per heavy atom. The maximum atomic E-state index is 13.7. The Morgan fingerprint density at radius 3 is 2.15 bits per heavy atom. The van der Waals surface area contributed by atoms with Crippen molar-refractivity contribution in [2.24, 2.45) is 11.8 Å². The minimum Gasteiger partial charge on any atom is -0.453 e. The first-order valence-corrected chi connectivity index (χ1v) is 18.0. The van der Waals surface area contributed by atoms with Crippen LogP contribution in [0.25, 0.3) is 33.6 Å². The van der Waals surface area contributed by atoms with Crippen LogP contribution in [-0.2, 0) is 20.7 Å². The first-order valence-electron chi connectivity index (χ1n) is 18.0. The number of aryl methyl sites for hydroxylation is 1. The molecule has 4 atom stereocenters. The first kappa shape index (κ1) is 41.9. The van der Waals surface area contributed by atoms with Crippen molar-refractivity contribution in [1.82, 2.24) is 35.1 Å². The summed E-state index contributed by atoms with van der Waals surface area (Å²) < 4.78 is 4.86. The van der Waals surface area contributed by atoms with E-state index in [1.54, 1.807) is 0 Å². The monoisotopic (exact) mass is 779 g/mol. The van der Waals surface area contributed by atoms with E-state index in [9.17, 15) is 14.4 Å². The fraction of sp³-hybridized carbons (Fsp3) is 0.462. The van der Waals surface area contributed by atoms with Crippen molar-refractivity contribution in [1.29, 1.82) is 0 Å². The van der Waals surface area contributed by atoms with Crippen molar-refractivity contribution in [2.45, 2.75) is 83.8 Å². The molecule has 4 aromatic rings. The summed E-state index contributed by atoms with van der Waals surface area (Å²) in [5.41, 5.74) is 7.32. The number of aromatic amines is 2. The highest BCUT2D eigenvalue weighted by molar-refractivity contribution is 7.59. The topological polar surface area (TPSA) is 136 Å². The predicted molar refractivity (Wildman–Crippen MR) is 222 cm³/mol. The number of methoxy groups -OCH3 is 1. The van der Waals surface area contributed by atoms with E-state index in [0.717, 1.165) is 89.5 Å². The van der Waals surface area contributed by atoms with Gasteiger partial charge >= 0.3 is 6.09 Å². The fourth-order valence-corrected chi connectivity index (χ4v) is 7.71. The third-order valence-electron chi connectivity index (χ3n) is 10.9. The molecule has 2 bridgehead atoms. The first-order chi connectivity index (χ1) is 24.2. The van der Waals surface area contributed by atoms with E-state index < -0.39 is 12.1 Å². The quantitative estimate of drug-likeness (QED) is 0.190. The lowest BCUT2D eigenvalue weighted by molar-refractivity contribution is -0.137. The number of fused-ring (bicyclic) bond motifs is 6. The SMILES string of the molecule is COC(=O)N[C@H]1CCCc2cc(-c3ccc(-c4cnc([C@@H]5CCCN5C(=O)[C@@H](C)C(C)C)[nH]4)cc3)ccc2-c2cnc([nH]2)[C@@H]2CCCN2C1=O.S.S.S. The van der Waals surface area contributed by atoms with Gasteiger partial charge in [0.15, 0.2) is 0 Å². The third-order valence-corrected chi connectivity index (χ3v) is 10.9. The molecule has 3 aliphatic rings. The molecule has 0 spiro atoms. The number of rotatable bonds is 6. The third kappa shape index (κ3) is 8.60. The van der Waals surface area contributed by atoms with E-state index in [2.05, 4.69) is 71.6 Å². The number of imidazole rings is 2. The van der Waals surface area contributed by atoms with Gasteiger partial charge in [-0.05, 0) is 73.1 Å². The molecule has 53 heavy (non-hydrogen) atoms. The van der Waals surface area contributed by atoms with Gasteiger partial charge in [-0.25, -0.2) is 14.8 Å². The number of nitrogens with one attached hydrogen (secondary N) is 3. The minimum absolute atomic E-state index is 0. The summed E-state index contributed by atoms with van der Waals surface area (Å²) in [6.45, 7) is 7.63. The number of hydrogen-bond acceptors (Lipinski definition) is 6. The van der Waals surface area contributed by atoms with Crippen LogP contribution in [0, 0.1) is 11.8 Å². The molecule has 0 unspecified atom stereocenters. The van der Waals surface area contributed by atoms with Crippen LogP contribution in [-0.4, -0.2) is 73.9 Å². The van der Waals surface area contributed by atoms with E-state index in [4.69, 9.17) is 14.7 Å². The molecular weight excluding hydrogens is 727 g/mol. The van der Waals surface area contributed by atoms with Gasteiger partial charge in [-0.1, -0.05) is 63.2 Å². The van der Waals surface area contributed by atoms with E-state index in [0.29, 0.717) is 25.3 Å². The molecule has 3 N–H and O–H groups in total. The number of aromatic nitrogens is 4. The average Bonchev–Trinajstić information content (AvgIpc) is 3.96. The second kappa shape index (κ2) is 18.0. The Morgan fingerprint density at radius 1 is 0.811 bits per heavy atom. The molecule has 14 heteroatoms. The molecule has 2 aromatic heterocycles. The second-order valence-corrected chi connectivity index (χ2v) is 14.3. The second-order valence-electron chi connectivity index (χ2n) is 14.3. The van der Waals surface area contributed by atoms with E-state index in [1.807, 2.05) is 29.1 Å². The summed E-state index contributed by atoms with van der Waals surface area (Å²) in [6.07, 6.45) is 8.68. The number of alkyl carbamates (subject to hydrolysis) is 1. The summed E-state index contributed by atoms with van der Waals surface area (Å²) in [4.78, 5) is 59.4. The number of nitrogens with zero attached hydrogens (tertiary/aromatic N) is 4. The van der Waals surface area contributed by atoms with Crippen molar-refractivity contribution < 1.29 is 19.1 Å². The molecular formula is C39H53N7O4S3. The highest BCUT2D eigenvalue weighted by Gasteiger charge is 2.37. The van der Waals surface area contributed by atoms with Gasteiger partial charge < -0.3 is 29.8 Å². The molecule has 11 nitrogen and oxygen atoms in total. The lowest BCUT2D eigenvalue weighted by Gasteiger charge is -2.28. The van der Waals surface area contributed by atoms with Gasteiger partial charge in [0.2, 0.25) is 11.8 Å². The van der Waals surface area contributed by atoms with Crippen LogP contribution in [0.3, 0.4) is 0 Å². The van der Waals surface area contributed by atoms with Crippen molar-refractivity contribution >= 4 is 58.4 Å². The number of amides is 3. The Bertz CT molecular complexity index is 1880. The van der Waals surface area contributed by atoms with Crippen LogP contribution in [0.4, 0.5) is 4.79 Å². The highest BCUT2D eigenvalue weighted by Crippen LogP contribution is 2.37. The van der Waals surface area contributed by atoms with Gasteiger partial charge in [-0.2, -0.15) is 40.5 Å². The van der Waals surface area contributed by atoms with E-state index >= 15 is 0 Å². The molecule has 0 radical (unpaired) electrons. The van der Waals surface area contributed by atoms with Gasteiger partial charge in [-0.3, -0.25) is 9.59 Å². The maximum absolute atomic E-state index is 13.7. The summed E-state index contributed by atoms with van der Waals surface area (Å²) >= 11 is 0. The number of benzene rings is 2. The summed E-state index contributed by atoms with van der Waals surface area (Å²) in [7, 11) is 1.32. The van der Waals surface area contributed by atoms with E-state index in [1.165, 1.54) is 7.11 Å². The van der Waals surface area contributed by atoms with Crippen LogP contribution in [0.2, 0.25) is 0 Å². The van der Waals surface area contributed by atoms with Crippen molar-refractivity contribution in [3.63, 3.8) is 0 Å². The number of hydrogen-bond donors (Lipinski definition) is 3. The maximum Gasteiger partial charge on any atom is 0.407 e. The van der Waals surface area contributed by atoms with Crippen molar-refractivity contribution in [3.05, 3.63) is 72.1 Å². The molecule has 5 heterocycles. The van der Waals surface area contributed by atoms with E-state index in [-0.39, 0.29) is 70.3 Å². The Kier molecular flexibility index (Phi) is 14.2. The number of likely N-dealkylation sites (tertiary alicyclic amines) is 1. The van der Waals surface area contributed by atoms with Gasteiger partial charge in [0.05, 0.1) is 43.0 Å². The van der Waals surface area contributed by atoms with Gasteiger partial charge in [0.1, 0.15) is 17.7 Å². The molecule has 7 rings (SSSR count). The van der Waals surface area contributed by atoms with Crippen LogP contribution in [0.1, 0.15) is 88.6 Å². The number of ether oxygens (including phenoxy) is 1. The van der Waals surface area contributed by atoms with Gasteiger partial charge in [0.25, 0.3) is 0 Å². The lowest BCUT2D eigenvalue weighted by Crippen LogP contribution is -2.48. The number of H-pyrrole nitrogens is 2. The van der Waals surface area contributed by atoms with Crippen LogP contribution in [0.15, 0.2) is 54.9 Å². The van der Waals surface area contributed by atoms with Crippen molar-refractivity contribution in [3.8, 4) is 33.6 Å². The summed E-state index contributed by atoms with van der Waals surface area (Å²) in [5, 5.41) is 2.79. The van der Waals surface area contributed by atoms with Crippen molar-refractivity contribution in [2.75, 3.05) is 20.2 Å². The van der Waals surface area contributed by atoms with Gasteiger partial charge in [0, 0.05) is 24.6 Å². The standard InChI is InChI=1S/C39H47N7O4.3H2S/c1-23(2)24(3)37(47)45-18-6-10-33(45)35-40-21-31(42-35)26-14-12-25(13-15-26)27-16-17-29-28(20-27)8-5-9-30(44-39(49)50-4)38(48)46-19-7-11-34(46)36-41-22-32(29)43-36;;;/h12-17,20-24,30,33-34H,5-11,18-19H2,1-4H3,(H,40,42)(H,41,43)(H,44,49);3*1H2/t24-,30-,33-,34-;;;/m0.../s1. The molecule has 3 aliphatic heterocycles. The highest BCUT2D eigenvalue weighted by atomic mass is 32.1. The molecule has 3 amide bonds. The zero-order chi connectivity index (χ0) is 34.9. The zero-order valence-electron chi connectivity index (χ0n) is 30.9. The molecule has 2 aromatic carbocycles. The summed E-state index contributed by atoms with van der Waals surface area (Å²) in [5.74, 6) is 2.01. The number of carbonyl (C=O) groups excluding carboxylic acids is 3. The van der Waals surface area contributed by atoms with Crippen LogP contribution in [0.5, 0.6) is 0 Å². The summed E-state index contributed by atoms with van der Waals surface area (Å²) in [6, 6.07) is 14.1. The molecule has 0 saturated carbocycles. The molecule has 2 saturated heterocycles. The zero-order valence-corrected chi connectivity index (χ0v) is 33.9. The van der Waals surface area contributed by atoms with Gasteiger partial charge in [-0.15, -0.1) is 0 Å². The Hall–Kier alpha value is -3.88. The normalized spacial score (nSPS) is 20.1.